The van der Waals surface area contributed by atoms with Gasteiger partial charge in [-0.1, -0.05) is 30.3 Å². The molecule has 26 heavy (non-hydrogen) atoms. The second kappa shape index (κ2) is 6.40. The lowest BCUT2D eigenvalue weighted by atomic mass is 9.97. The predicted octanol–water partition coefficient (Wildman–Crippen LogP) is 4.01. The second-order valence-electron chi connectivity index (χ2n) is 7.04. The molecule has 0 saturated carbocycles. The molecular weight excluding hydrogens is 344 g/mol. The molecule has 0 bridgehead atoms. The Morgan fingerprint density at radius 1 is 1.08 bits per heavy atom. The fraction of sp³-hybridized carbons (Fsp3) is 0.333. The van der Waals surface area contributed by atoms with Gasteiger partial charge in [-0.3, -0.25) is 4.79 Å². The third-order valence-corrected chi connectivity index (χ3v) is 6.59. The first-order valence-corrected chi connectivity index (χ1v) is 9.98. The Morgan fingerprint density at radius 3 is 2.65 bits per heavy atom. The number of hydrogen-bond acceptors (Lipinski definition) is 4. The zero-order valence-corrected chi connectivity index (χ0v) is 15.2. The van der Waals surface area contributed by atoms with Crippen LogP contribution in [-0.2, 0) is 11.2 Å². The molecule has 1 atom stereocenters. The first-order chi connectivity index (χ1) is 12.8. The van der Waals surface area contributed by atoms with Gasteiger partial charge in [-0.05, 0) is 36.6 Å². The molecule has 3 heterocycles. The third-order valence-electron chi connectivity index (χ3n) is 5.39. The van der Waals surface area contributed by atoms with Crippen molar-refractivity contribution >= 4 is 27.5 Å². The maximum atomic E-state index is 12.8. The van der Waals surface area contributed by atoms with E-state index in [2.05, 4.69) is 18.2 Å². The van der Waals surface area contributed by atoms with Gasteiger partial charge < -0.3 is 9.64 Å². The Balaban J connectivity index is 1.24. The number of thiazole rings is 1. The molecular formula is C21H20N2O2S. The summed E-state index contributed by atoms with van der Waals surface area (Å²) < 4.78 is 7.12. The average Bonchev–Trinajstić information content (AvgIpc) is 3.31. The number of fused-ring (bicyclic) bond motifs is 2. The summed E-state index contributed by atoms with van der Waals surface area (Å²) in [7, 11) is 0. The van der Waals surface area contributed by atoms with E-state index in [1.807, 2.05) is 35.2 Å². The highest BCUT2D eigenvalue weighted by atomic mass is 32.1. The molecule has 2 aliphatic rings. The number of likely N-dealkylation sites (tertiary alicyclic amines) is 1. The SMILES string of the molecule is O=C([C@H]1Cc2ccccc2O1)N1CCC(c2nc3ccccc3s2)CC1. The molecule has 1 fully saturated rings. The first kappa shape index (κ1) is 15.8. The van der Waals surface area contributed by atoms with Crippen molar-refractivity contribution in [2.24, 2.45) is 0 Å². The smallest absolute Gasteiger partial charge is 0.263 e. The van der Waals surface area contributed by atoms with E-state index in [1.165, 1.54) is 9.71 Å². The quantitative estimate of drug-likeness (QED) is 0.690. The Hall–Kier alpha value is -2.40. The van der Waals surface area contributed by atoms with E-state index in [0.29, 0.717) is 12.3 Å². The molecule has 3 aromatic rings. The molecule has 1 aromatic heterocycles. The van der Waals surface area contributed by atoms with Gasteiger partial charge in [-0.25, -0.2) is 4.98 Å². The maximum Gasteiger partial charge on any atom is 0.263 e. The van der Waals surface area contributed by atoms with Gasteiger partial charge in [0, 0.05) is 25.4 Å². The summed E-state index contributed by atoms with van der Waals surface area (Å²) in [5.74, 6) is 1.44. The number of benzene rings is 2. The molecule has 1 amide bonds. The number of piperidine rings is 1. The van der Waals surface area contributed by atoms with Crippen LogP contribution in [0.5, 0.6) is 5.75 Å². The Bertz CT molecular complexity index is 901. The number of amides is 1. The summed E-state index contributed by atoms with van der Waals surface area (Å²) in [6, 6.07) is 16.2. The molecule has 0 aliphatic carbocycles. The number of hydrogen-bond donors (Lipinski definition) is 0. The van der Waals surface area contributed by atoms with Gasteiger partial charge in [0.15, 0.2) is 6.10 Å². The maximum absolute atomic E-state index is 12.8. The molecule has 4 nitrogen and oxygen atoms in total. The molecule has 0 radical (unpaired) electrons. The van der Waals surface area contributed by atoms with Gasteiger partial charge >= 0.3 is 0 Å². The first-order valence-electron chi connectivity index (χ1n) is 9.17. The number of ether oxygens (including phenoxy) is 1. The molecule has 132 valence electrons. The van der Waals surface area contributed by atoms with Crippen molar-refractivity contribution in [1.82, 2.24) is 9.88 Å². The van der Waals surface area contributed by atoms with E-state index in [4.69, 9.17) is 9.72 Å². The monoisotopic (exact) mass is 364 g/mol. The molecule has 2 aliphatic heterocycles. The number of para-hydroxylation sites is 2. The Morgan fingerprint density at radius 2 is 1.85 bits per heavy atom. The molecule has 1 saturated heterocycles. The van der Waals surface area contributed by atoms with Crippen molar-refractivity contribution in [3.8, 4) is 5.75 Å². The molecule has 2 aromatic carbocycles. The number of carbonyl (C=O) groups is 1. The lowest BCUT2D eigenvalue weighted by Gasteiger charge is -2.32. The Kier molecular flexibility index (Phi) is 3.89. The number of aromatic nitrogens is 1. The normalized spacial score (nSPS) is 20.2. The van der Waals surface area contributed by atoms with Gasteiger partial charge in [0.2, 0.25) is 0 Å². The summed E-state index contributed by atoms with van der Waals surface area (Å²) in [6.07, 6.45) is 2.29. The van der Waals surface area contributed by atoms with Crippen LogP contribution >= 0.6 is 11.3 Å². The van der Waals surface area contributed by atoms with Crippen molar-refractivity contribution in [3.05, 3.63) is 59.1 Å². The van der Waals surface area contributed by atoms with Crippen LogP contribution in [0.2, 0.25) is 0 Å². The zero-order valence-electron chi connectivity index (χ0n) is 14.4. The van der Waals surface area contributed by atoms with Crippen LogP contribution in [0.25, 0.3) is 10.2 Å². The van der Waals surface area contributed by atoms with E-state index in [0.717, 1.165) is 42.8 Å². The van der Waals surface area contributed by atoms with Crippen molar-refractivity contribution < 1.29 is 9.53 Å². The van der Waals surface area contributed by atoms with Gasteiger partial charge in [0.25, 0.3) is 5.91 Å². The summed E-state index contributed by atoms with van der Waals surface area (Å²) in [5.41, 5.74) is 2.22. The van der Waals surface area contributed by atoms with E-state index in [9.17, 15) is 4.79 Å². The molecule has 5 heteroatoms. The highest BCUT2D eigenvalue weighted by Gasteiger charge is 2.34. The molecule has 0 unspecified atom stereocenters. The van der Waals surface area contributed by atoms with Gasteiger partial charge in [-0.15, -0.1) is 11.3 Å². The van der Waals surface area contributed by atoms with Gasteiger partial charge in [0.1, 0.15) is 5.75 Å². The van der Waals surface area contributed by atoms with Crippen LogP contribution in [0.1, 0.15) is 29.3 Å². The summed E-state index contributed by atoms with van der Waals surface area (Å²) in [5, 5.41) is 1.21. The standard InChI is InChI=1S/C21H20N2O2S/c24-21(18-13-15-5-1-3-7-17(15)25-18)23-11-9-14(10-12-23)20-22-16-6-2-4-8-19(16)26-20/h1-8,14,18H,9-13H2/t18-/m1/s1. The van der Waals surface area contributed by atoms with Crippen LogP contribution < -0.4 is 4.74 Å². The highest BCUT2D eigenvalue weighted by molar-refractivity contribution is 7.18. The molecule has 0 spiro atoms. The molecule has 0 N–H and O–H groups in total. The van der Waals surface area contributed by atoms with Crippen molar-refractivity contribution in [3.63, 3.8) is 0 Å². The van der Waals surface area contributed by atoms with Crippen LogP contribution in [0.4, 0.5) is 0 Å². The van der Waals surface area contributed by atoms with Crippen LogP contribution in [-0.4, -0.2) is 35.0 Å². The summed E-state index contributed by atoms with van der Waals surface area (Å²) in [6.45, 7) is 1.57. The second-order valence-corrected chi connectivity index (χ2v) is 8.10. The summed E-state index contributed by atoms with van der Waals surface area (Å²) in [4.78, 5) is 19.6. The minimum atomic E-state index is -0.355. The minimum absolute atomic E-state index is 0.129. The van der Waals surface area contributed by atoms with Crippen LogP contribution in [0.15, 0.2) is 48.5 Å². The van der Waals surface area contributed by atoms with Gasteiger partial charge in [-0.2, -0.15) is 0 Å². The van der Waals surface area contributed by atoms with Gasteiger partial charge in [0.05, 0.1) is 15.2 Å². The number of rotatable bonds is 2. The third kappa shape index (κ3) is 2.76. The van der Waals surface area contributed by atoms with Crippen LogP contribution in [0.3, 0.4) is 0 Å². The molecule has 5 rings (SSSR count). The number of carbonyl (C=O) groups excluding carboxylic acids is 1. The highest BCUT2D eigenvalue weighted by Crippen LogP contribution is 2.35. The summed E-state index contributed by atoms with van der Waals surface area (Å²) >= 11 is 1.79. The lowest BCUT2D eigenvalue weighted by molar-refractivity contribution is -0.139. The zero-order chi connectivity index (χ0) is 17.5. The largest absolute Gasteiger partial charge is 0.480 e. The van der Waals surface area contributed by atoms with E-state index in [1.54, 1.807) is 11.3 Å². The van der Waals surface area contributed by atoms with Crippen LogP contribution in [0, 0.1) is 0 Å². The van der Waals surface area contributed by atoms with E-state index in [-0.39, 0.29) is 12.0 Å². The topological polar surface area (TPSA) is 42.4 Å². The fourth-order valence-corrected chi connectivity index (χ4v) is 5.07. The Labute approximate surface area is 156 Å². The number of nitrogens with zero attached hydrogens (tertiary/aromatic N) is 2. The minimum Gasteiger partial charge on any atom is -0.480 e. The van der Waals surface area contributed by atoms with Crippen molar-refractivity contribution in [2.45, 2.75) is 31.3 Å². The van der Waals surface area contributed by atoms with Crippen molar-refractivity contribution in [1.29, 1.82) is 0 Å². The van der Waals surface area contributed by atoms with E-state index >= 15 is 0 Å². The van der Waals surface area contributed by atoms with Crippen molar-refractivity contribution in [2.75, 3.05) is 13.1 Å². The van der Waals surface area contributed by atoms with E-state index < -0.39 is 0 Å². The average molecular weight is 364 g/mol. The fourth-order valence-electron chi connectivity index (χ4n) is 3.93. The lowest BCUT2D eigenvalue weighted by Crippen LogP contribution is -2.45. The predicted molar refractivity (Wildman–Crippen MR) is 103 cm³/mol.